The van der Waals surface area contributed by atoms with Crippen molar-refractivity contribution in [2.75, 3.05) is 32.8 Å². The summed E-state index contributed by atoms with van der Waals surface area (Å²) < 4.78 is 5.06. The van der Waals surface area contributed by atoms with Gasteiger partial charge in [0.2, 0.25) is 0 Å². The van der Waals surface area contributed by atoms with E-state index in [1.165, 1.54) is 32.1 Å². The number of nitrogens with one attached hydrogen (secondary N) is 1. The smallest absolute Gasteiger partial charge is 0.409 e. The molecule has 2 N–H and O–H groups in total. The number of aliphatic hydroxyl groups excluding tert-OH is 1. The largest absolute Gasteiger partial charge is 0.450 e. The lowest BCUT2D eigenvalue weighted by Gasteiger charge is -2.40. The number of likely N-dealkylation sites (tertiary alicyclic amines) is 1. The maximum Gasteiger partial charge on any atom is 0.409 e. The van der Waals surface area contributed by atoms with E-state index in [9.17, 15) is 9.90 Å². The number of rotatable bonds is 6. The van der Waals surface area contributed by atoms with Gasteiger partial charge in [-0.25, -0.2) is 4.79 Å². The summed E-state index contributed by atoms with van der Waals surface area (Å²) in [5.74, 6) is 0. The van der Waals surface area contributed by atoms with Crippen molar-refractivity contribution in [3.63, 3.8) is 0 Å². The Kier molecular flexibility index (Phi) is 6.96. The van der Waals surface area contributed by atoms with Gasteiger partial charge < -0.3 is 20.1 Å². The monoisotopic (exact) mass is 312 g/mol. The molecule has 1 saturated heterocycles. The number of carbonyl (C=O) groups is 1. The standard InChI is InChI=1S/C17H32N2O3/c1-2-22-16(21)19-11-6-15(7-12-19)18-14-17(10-13-20)8-4-3-5-9-17/h15,18,20H,2-14H2,1H3. The minimum atomic E-state index is -0.176. The summed E-state index contributed by atoms with van der Waals surface area (Å²) in [4.78, 5) is 13.5. The molecule has 2 fully saturated rings. The van der Waals surface area contributed by atoms with Gasteiger partial charge in [-0.3, -0.25) is 0 Å². The van der Waals surface area contributed by atoms with Crippen molar-refractivity contribution in [3.8, 4) is 0 Å². The molecule has 2 rings (SSSR count). The Morgan fingerprint density at radius 1 is 1.27 bits per heavy atom. The van der Waals surface area contributed by atoms with Crippen molar-refractivity contribution >= 4 is 6.09 Å². The zero-order valence-electron chi connectivity index (χ0n) is 14.0. The van der Waals surface area contributed by atoms with Crippen molar-refractivity contribution in [1.82, 2.24) is 10.2 Å². The van der Waals surface area contributed by atoms with Gasteiger partial charge in [0.1, 0.15) is 0 Å². The van der Waals surface area contributed by atoms with E-state index >= 15 is 0 Å². The zero-order chi connectivity index (χ0) is 15.8. The fourth-order valence-electron chi connectivity index (χ4n) is 3.90. The molecule has 0 aromatic heterocycles. The second-order valence-electron chi connectivity index (χ2n) is 6.88. The van der Waals surface area contributed by atoms with Crippen LogP contribution >= 0.6 is 0 Å². The van der Waals surface area contributed by atoms with Gasteiger partial charge in [0, 0.05) is 32.3 Å². The van der Waals surface area contributed by atoms with E-state index in [1.807, 2.05) is 11.8 Å². The zero-order valence-corrected chi connectivity index (χ0v) is 14.0. The Balaban J connectivity index is 1.74. The molecule has 1 aliphatic heterocycles. The van der Waals surface area contributed by atoms with E-state index in [0.717, 1.165) is 38.9 Å². The Labute approximate surface area is 134 Å². The predicted octanol–water partition coefficient (Wildman–Crippen LogP) is 2.53. The van der Waals surface area contributed by atoms with E-state index in [1.54, 1.807) is 0 Å². The van der Waals surface area contributed by atoms with Crippen LogP contribution in [-0.4, -0.2) is 55.0 Å². The van der Waals surface area contributed by atoms with Gasteiger partial charge >= 0.3 is 6.09 Å². The molecule has 0 spiro atoms. The highest BCUT2D eigenvalue weighted by Gasteiger charge is 2.32. The van der Waals surface area contributed by atoms with Crippen LogP contribution < -0.4 is 5.32 Å². The van der Waals surface area contributed by atoms with Crippen LogP contribution in [0.5, 0.6) is 0 Å². The lowest BCUT2D eigenvalue weighted by Crippen LogP contribution is -2.48. The summed E-state index contributed by atoms with van der Waals surface area (Å²) in [5.41, 5.74) is 0.297. The minimum Gasteiger partial charge on any atom is -0.450 e. The number of piperidine rings is 1. The Morgan fingerprint density at radius 3 is 2.55 bits per heavy atom. The van der Waals surface area contributed by atoms with Gasteiger partial charge in [-0.15, -0.1) is 0 Å². The summed E-state index contributed by atoms with van der Waals surface area (Å²) in [6, 6.07) is 0.489. The summed E-state index contributed by atoms with van der Waals surface area (Å²) in [5, 5.41) is 13.1. The maximum atomic E-state index is 11.7. The molecule has 128 valence electrons. The Morgan fingerprint density at radius 2 is 1.95 bits per heavy atom. The molecule has 1 saturated carbocycles. The molecule has 22 heavy (non-hydrogen) atoms. The molecule has 0 radical (unpaired) electrons. The van der Waals surface area contributed by atoms with Crippen LogP contribution in [0.25, 0.3) is 0 Å². The number of ether oxygens (including phenoxy) is 1. The summed E-state index contributed by atoms with van der Waals surface area (Å²) >= 11 is 0. The van der Waals surface area contributed by atoms with Crippen molar-refractivity contribution in [2.45, 2.75) is 64.3 Å². The van der Waals surface area contributed by atoms with Crippen LogP contribution in [0.15, 0.2) is 0 Å². The fraction of sp³-hybridized carbons (Fsp3) is 0.941. The average Bonchev–Trinajstić information content (AvgIpc) is 2.55. The average molecular weight is 312 g/mol. The van der Waals surface area contributed by atoms with Crippen LogP contribution in [0.4, 0.5) is 4.79 Å². The molecule has 0 aromatic carbocycles. The number of hydrogen-bond donors (Lipinski definition) is 2. The van der Waals surface area contributed by atoms with Crippen molar-refractivity contribution in [2.24, 2.45) is 5.41 Å². The first-order chi connectivity index (χ1) is 10.7. The number of nitrogens with zero attached hydrogens (tertiary/aromatic N) is 1. The molecule has 5 heteroatoms. The molecule has 0 bridgehead atoms. The highest BCUT2D eigenvalue weighted by atomic mass is 16.6. The summed E-state index contributed by atoms with van der Waals surface area (Å²) in [6.07, 6.45) is 9.13. The first-order valence-corrected chi connectivity index (χ1v) is 8.95. The molecular formula is C17H32N2O3. The maximum absolute atomic E-state index is 11.7. The Hall–Kier alpha value is -0.810. The lowest BCUT2D eigenvalue weighted by molar-refractivity contribution is 0.0888. The van der Waals surface area contributed by atoms with Crippen LogP contribution in [0.1, 0.15) is 58.3 Å². The lowest BCUT2D eigenvalue weighted by atomic mass is 9.71. The van der Waals surface area contributed by atoms with E-state index in [-0.39, 0.29) is 6.09 Å². The topological polar surface area (TPSA) is 61.8 Å². The third kappa shape index (κ3) is 4.85. The van der Waals surface area contributed by atoms with Gasteiger partial charge in [-0.2, -0.15) is 0 Å². The number of amides is 1. The first kappa shape index (κ1) is 17.5. The van der Waals surface area contributed by atoms with E-state index in [2.05, 4.69) is 5.32 Å². The second-order valence-corrected chi connectivity index (χ2v) is 6.88. The minimum absolute atomic E-state index is 0.176. The van der Waals surface area contributed by atoms with Crippen LogP contribution in [0.2, 0.25) is 0 Å². The second kappa shape index (κ2) is 8.73. The van der Waals surface area contributed by atoms with E-state index in [4.69, 9.17) is 4.74 Å². The highest BCUT2D eigenvalue weighted by Crippen LogP contribution is 2.38. The van der Waals surface area contributed by atoms with Crippen LogP contribution in [-0.2, 0) is 4.74 Å². The molecule has 0 aromatic rings. The van der Waals surface area contributed by atoms with Gasteiger partial charge in [-0.05, 0) is 44.4 Å². The van der Waals surface area contributed by atoms with Crippen LogP contribution in [0.3, 0.4) is 0 Å². The number of aliphatic hydroxyl groups is 1. The summed E-state index contributed by atoms with van der Waals surface area (Å²) in [6.45, 7) is 5.16. The number of carbonyl (C=O) groups excluding carboxylic acids is 1. The molecule has 0 unspecified atom stereocenters. The van der Waals surface area contributed by atoms with Crippen molar-refractivity contribution in [1.29, 1.82) is 0 Å². The molecule has 0 atom stereocenters. The van der Waals surface area contributed by atoms with Gasteiger partial charge in [0.15, 0.2) is 0 Å². The fourth-order valence-corrected chi connectivity index (χ4v) is 3.90. The van der Waals surface area contributed by atoms with E-state index < -0.39 is 0 Å². The van der Waals surface area contributed by atoms with Crippen molar-refractivity contribution < 1.29 is 14.6 Å². The molecule has 1 aliphatic carbocycles. The van der Waals surface area contributed by atoms with Gasteiger partial charge in [-0.1, -0.05) is 19.3 Å². The molecule has 1 heterocycles. The molecule has 2 aliphatic rings. The quantitative estimate of drug-likeness (QED) is 0.791. The highest BCUT2D eigenvalue weighted by molar-refractivity contribution is 5.67. The van der Waals surface area contributed by atoms with E-state index in [0.29, 0.717) is 24.7 Å². The molecule has 5 nitrogen and oxygen atoms in total. The predicted molar refractivity (Wildman–Crippen MR) is 86.8 cm³/mol. The summed E-state index contributed by atoms with van der Waals surface area (Å²) in [7, 11) is 0. The normalized spacial score (nSPS) is 22.5. The first-order valence-electron chi connectivity index (χ1n) is 8.95. The molecular weight excluding hydrogens is 280 g/mol. The Bertz CT molecular complexity index is 329. The van der Waals surface area contributed by atoms with Crippen molar-refractivity contribution in [3.05, 3.63) is 0 Å². The van der Waals surface area contributed by atoms with Crippen LogP contribution in [0, 0.1) is 5.41 Å². The number of hydrogen-bond acceptors (Lipinski definition) is 4. The van der Waals surface area contributed by atoms with Gasteiger partial charge in [0.25, 0.3) is 0 Å². The molecule has 1 amide bonds. The third-order valence-electron chi connectivity index (χ3n) is 5.34. The van der Waals surface area contributed by atoms with Gasteiger partial charge in [0.05, 0.1) is 6.61 Å². The third-order valence-corrected chi connectivity index (χ3v) is 5.34. The SMILES string of the molecule is CCOC(=O)N1CCC(NCC2(CCO)CCCCC2)CC1.